The Balaban J connectivity index is 1.50. The van der Waals surface area contributed by atoms with E-state index in [2.05, 4.69) is 10.3 Å². The number of aromatic nitrogens is 1. The van der Waals surface area contributed by atoms with Crippen LogP contribution >= 0.6 is 12.2 Å². The number of para-hydroxylation sites is 1. The van der Waals surface area contributed by atoms with E-state index in [1.165, 1.54) is 4.90 Å². The second-order valence-corrected chi connectivity index (χ2v) is 7.95. The summed E-state index contributed by atoms with van der Waals surface area (Å²) in [4.78, 5) is 32.7. The summed E-state index contributed by atoms with van der Waals surface area (Å²) < 4.78 is 5.44. The van der Waals surface area contributed by atoms with Gasteiger partial charge in [-0.15, -0.1) is 0 Å². The second kappa shape index (κ2) is 9.93. The molecule has 1 unspecified atom stereocenters. The van der Waals surface area contributed by atoms with Crippen molar-refractivity contribution in [3.63, 3.8) is 0 Å². The summed E-state index contributed by atoms with van der Waals surface area (Å²) in [6.45, 7) is 3.69. The van der Waals surface area contributed by atoms with Gasteiger partial charge in [0.25, 0.3) is 5.91 Å². The predicted octanol–water partition coefficient (Wildman–Crippen LogP) is 3.93. The first-order valence-corrected chi connectivity index (χ1v) is 11.1. The number of fused-ring (bicyclic) bond motifs is 1. The minimum atomic E-state index is -0.654. The molecule has 1 saturated heterocycles. The molecule has 0 aliphatic carbocycles. The van der Waals surface area contributed by atoms with Crippen LogP contribution in [0.1, 0.15) is 19.8 Å². The molecule has 0 radical (unpaired) electrons. The van der Waals surface area contributed by atoms with Crippen molar-refractivity contribution in [1.82, 2.24) is 9.88 Å². The summed E-state index contributed by atoms with van der Waals surface area (Å²) in [6.07, 6.45) is 2.58. The number of hydrogen-bond donors (Lipinski definition) is 2. The first-order valence-electron chi connectivity index (χ1n) is 10.7. The van der Waals surface area contributed by atoms with E-state index < -0.39 is 6.04 Å². The zero-order chi connectivity index (χ0) is 22.5. The lowest BCUT2D eigenvalue weighted by Crippen LogP contribution is -2.38. The smallest absolute Gasteiger partial charge is 0.256 e. The second-order valence-electron chi connectivity index (χ2n) is 7.58. The number of hydrogen-bond acceptors (Lipinski definition) is 4. The fraction of sp³-hybridized carbons (Fsp3) is 0.292. The van der Waals surface area contributed by atoms with Crippen molar-refractivity contribution >= 4 is 51.4 Å². The van der Waals surface area contributed by atoms with E-state index in [1.807, 2.05) is 72.6 Å². The number of anilines is 2. The van der Waals surface area contributed by atoms with E-state index >= 15 is 0 Å². The van der Waals surface area contributed by atoms with Crippen LogP contribution in [0.3, 0.4) is 0 Å². The molecular formula is C24H26N4O3S. The lowest BCUT2D eigenvalue weighted by atomic mass is 10.1. The Kier molecular flexibility index (Phi) is 6.82. The van der Waals surface area contributed by atoms with Gasteiger partial charge in [0.05, 0.1) is 12.1 Å². The molecule has 0 bridgehead atoms. The molecule has 1 fully saturated rings. The minimum absolute atomic E-state index is 0.0136. The van der Waals surface area contributed by atoms with Crippen molar-refractivity contribution in [2.75, 3.05) is 30.0 Å². The van der Waals surface area contributed by atoms with Gasteiger partial charge in [-0.05, 0) is 61.3 Å². The van der Waals surface area contributed by atoms with Crippen LogP contribution in [-0.4, -0.2) is 52.6 Å². The highest BCUT2D eigenvalue weighted by atomic mass is 32.1. The van der Waals surface area contributed by atoms with E-state index in [0.29, 0.717) is 42.7 Å². The van der Waals surface area contributed by atoms with Gasteiger partial charge in [0, 0.05) is 37.2 Å². The SMILES string of the molecule is CCOCCCN1C(=S)N(c2ccccc2)C(=O)C1CC(=O)Nc1ccc2cc[nH]c2c1. The number of thiocarbonyl (C=S) groups is 1. The molecule has 7 nitrogen and oxygen atoms in total. The quantitative estimate of drug-likeness (QED) is 0.382. The maximum atomic E-state index is 13.3. The number of amides is 2. The van der Waals surface area contributed by atoms with Gasteiger partial charge in [-0.3, -0.25) is 14.5 Å². The molecule has 2 amide bonds. The summed E-state index contributed by atoms with van der Waals surface area (Å²) in [5.74, 6) is -0.422. The van der Waals surface area contributed by atoms with Crippen molar-refractivity contribution in [1.29, 1.82) is 0 Å². The van der Waals surface area contributed by atoms with Crippen LogP contribution < -0.4 is 10.2 Å². The molecule has 32 heavy (non-hydrogen) atoms. The maximum absolute atomic E-state index is 13.3. The number of nitrogens with one attached hydrogen (secondary N) is 2. The summed E-state index contributed by atoms with van der Waals surface area (Å²) in [5.41, 5.74) is 2.33. The highest BCUT2D eigenvalue weighted by Crippen LogP contribution is 2.27. The normalized spacial score (nSPS) is 16.2. The topological polar surface area (TPSA) is 77.7 Å². The predicted molar refractivity (Wildman–Crippen MR) is 130 cm³/mol. The Morgan fingerprint density at radius 2 is 2.00 bits per heavy atom. The van der Waals surface area contributed by atoms with Gasteiger partial charge in [-0.2, -0.15) is 0 Å². The van der Waals surface area contributed by atoms with Gasteiger partial charge in [-0.25, -0.2) is 0 Å². The van der Waals surface area contributed by atoms with Gasteiger partial charge in [0.2, 0.25) is 5.91 Å². The molecule has 2 heterocycles. The number of ether oxygens (including phenoxy) is 1. The van der Waals surface area contributed by atoms with Gasteiger partial charge in [0.1, 0.15) is 6.04 Å². The third-order valence-corrected chi connectivity index (χ3v) is 5.86. The summed E-state index contributed by atoms with van der Waals surface area (Å²) in [6, 6.07) is 16.3. The van der Waals surface area contributed by atoms with E-state index in [1.54, 1.807) is 0 Å². The first kappa shape index (κ1) is 22.0. The molecule has 1 aromatic heterocycles. The maximum Gasteiger partial charge on any atom is 0.256 e. The number of benzene rings is 2. The van der Waals surface area contributed by atoms with Crippen LogP contribution in [0.4, 0.5) is 11.4 Å². The number of carbonyl (C=O) groups is 2. The summed E-state index contributed by atoms with van der Waals surface area (Å²) >= 11 is 5.66. The first-order chi connectivity index (χ1) is 15.6. The van der Waals surface area contributed by atoms with Crippen molar-refractivity contribution in [3.8, 4) is 0 Å². The lowest BCUT2D eigenvalue weighted by Gasteiger charge is -2.23. The van der Waals surface area contributed by atoms with Gasteiger partial charge < -0.3 is 19.9 Å². The third kappa shape index (κ3) is 4.66. The number of carbonyl (C=O) groups excluding carboxylic acids is 2. The number of aromatic amines is 1. The molecule has 2 N–H and O–H groups in total. The van der Waals surface area contributed by atoms with Crippen molar-refractivity contribution in [2.45, 2.75) is 25.8 Å². The van der Waals surface area contributed by atoms with Crippen LogP contribution in [0.5, 0.6) is 0 Å². The molecule has 1 aliphatic heterocycles. The zero-order valence-corrected chi connectivity index (χ0v) is 18.7. The molecule has 2 aromatic carbocycles. The fourth-order valence-electron chi connectivity index (χ4n) is 3.90. The van der Waals surface area contributed by atoms with E-state index in [9.17, 15) is 9.59 Å². The minimum Gasteiger partial charge on any atom is -0.382 e. The third-order valence-electron chi connectivity index (χ3n) is 5.44. The number of H-pyrrole nitrogens is 1. The Morgan fingerprint density at radius 1 is 1.19 bits per heavy atom. The monoisotopic (exact) mass is 450 g/mol. The highest BCUT2D eigenvalue weighted by Gasteiger charge is 2.43. The van der Waals surface area contributed by atoms with Gasteiger partial charge >= 0.3 is 0 Å². The largest absolute Gasteiger partial charge is 0.382 e. The van der Waals surface area contributed by atoms with Crippen LogP contribution in [0, 0.1) is 0 Å². The average molecular weight is 451 g/mol. The molecule has 1 aliphatic rings. The molecule has 1 atom stereocenters. The Hall–Kier alpha value is -3.23. The van der Waals surface area contributed by atoms with Crippen LogP contribution in [-0.2, 0) is 14.3 Å². The van der Waals surface area contributed by atoms with Crippen LogP contribution in [0.2, 0.25) is 0 Å². The zero-order valence-electron chi connectivity index (χ0n) is 17.9. The van der Waals surface area contributed by atoms with Gasteiger partial charge in [-0.1, -0.05) is 24.3 Å². The summed E-state index contributed by atoms with van der Waals surface area (Å²) in [7, 11) is 0. The van der Waals surface area contributed by atoms with E-state index in [4.69, 9.17) is 17.0 Å². The van der Waals surface area contributed by atoms with Crippen molar-refractivity contribution in [2.24, 2.45) is 0 Å². The van der Waals surface area contributed by atoms with Crippen LogP contribution in [0.25, 0.3) is 10.9 Å². The van der Waals surface area contributed by atoms with Crippen LogP contribution in [0.15, 0.2) is 60.8 Å². The van der Waals surface area contributed by atoms with E-state index in [0.717, 1.165) is 10.9 Å². The Morgan fingerprint density at radius 3 is 2.78 bits per heavy atom. The number of nitrogens with zero attached hydrogens (tertiary/aromatic N) is 2. The summed E-state index contributed by atoms with van der Waals surface area (Å²) in [5, 5.41) is 4.40. The van der Waals surface area contributed by atoms with Crippen molar-refractivity contribution in [3.05, 3.63) is 60.8 Å². The average Bonchev–Trinajstić information content (AvgIpc) is 3.34. The highest BCUT2D eigenvalue weighted by molar-refractivity contribution is 7.80. The number of rotatable bonds is 9. The molecule has 0 spiro atoms. The standard InChI is InChI=1S/C24H26N4O3S/c1-2-31-14-6-13-27-21(23(30)28(24(27)32)19-7-4-3-5-8-19)16-22(29)26-18-10-9-17-11-12-25-20(17)15-18/h3-5,7-12,15,21,25H,2,6,13-14,16H2,1H3,(H,26,29). The van der Waals surface area contributed by atoms with Crippen molar-refractivity contribution < 1.29 is 14.3 Å². The van der Waals surface area contributed by atoms with E-state index in [-0.39, 0.29) is 18.2 Å². The fourth-order valence-corrected chi connectivity index (χ4v) is 4.31. The molecule has 4 rings (SSSR count). The molecule has 0 saturated carbocycles. The Labute approximate surface area is 192 Å². The molecule has 3 aromatic rings. The molecular weight excluding hydrogens is 424 g/mol. The molecule has 8 heteroatoms. The Bertz CT molecular complexity index is 1110. The van der Waals surface area contributed by atoms with Gasteiger partial charge in [0.15, 0.2) is 5.11 Å². The molecule has 166 valence electrons. The lowest BCUT2D eigenvalue weighted by molar-refractivity contribution is -0.124.